The van der Waals surface area contributed by atoms with Gasteiger partial charge >= 0.3 is 0 Å². The Morgan fingerprint density at radius 3 is 0.813 bits per heavy atom. The number of carbonyl (C=O) groups is 6. The zero-order valence-corrected chi connectivity index (χ0v) is 81.1. The van der Waals surface area contributed by atoms with E-state index in [2.05, 4.69) is 31.9 Å². The molecule has 0 aromatic heterocycles. The van der Waals surface area contributed by atoms with E-state index in [9.17, 15) is 187 Å². The van der Waals surface area contributed by atoms with Crippen molar-refractivity contribution in [3.05, 3.63) is 0 Å². The third kappa shape index (κ3) is 27.5. The predicted octanol–water partition coefficient (Wildman–Crippen LogP) is -25.3. The van der Waals surface area contributed by atoms with Crippen LogP contribution in [0, 0.1) is 0 Å². The molecule has 866 valence electrons. The molecular formula is C84H140N6O60. The standard InChI is InChI=1S/C84H140N6O60/c1-19-43(106)56(119)60(123)79(130-19)150-71-58(121)47(110)29(11-94)135-83(71)146-67-31(13-96)136-74(40(53(67)116)88-23(5)103)128-17-35-48(111)59(122)70(148-75-38(86-21(3)101)50(113)44(107)26(8-91)132-75)82(141-35)129-18-36-49(112)69(63(126)81(140-36)145-66-33(15-98)137-77(41(55(66)118)89-24(6)104)142-64-30(12-95)131-73(127)37(52(64)115)85-20(2)100)147-84-72(149-76-39(87-22(4)102)51(114)45(108)27(9-92)133-76)62(125)68(34(16-99)139-84)143-78-42(90-25(7)105)54(117)65(32(14-97)138-78)144-80-61(124)57(120)46(109)28(10-93)134-80/h19,26-84,91-99,106-127H,8-18H2,1-7H3,(H,85,100)(H,86,101)(H,87,102)(H,88,103)(H,89,104)(H,90,105)/t19-,26+,27+,28+,29+,30+,31+,32+,33+,34+,35+,36+,37+,38+,39+,40+,41+,42+,43+,44+,45+,46-,47-,48+,49+,50+,51+,52+,53+,54+,55+,56+,57-,58-,59-,60-,61+,62-,63-,64+,65+,66+,67+,68+,69-,70-,71+,72-,73+,74+,75-,76-,77-,78-,79-,80-,81-,82-,83-,84+/m0/s1. The molecule has 12 fully saturated rings. The van der Waals surface area contributed by atoms with E-state index in [0.29, 0.717) is 0 Å². The number of aliphatic hydroxyl groups excluding tert-OH is 31. The number of amides is 6. The van der Waals surface area contributed by atoms with Crippen molar-refractivity contribution in [2.24, 2.45) is 0 Å². The van der Waals surface area contributed by atoms with Crippen LogP contribution in [0.5, 0.6) is 0 Å². The molecule has 0 radical (unpaired) electrons. The maximum Gasteiger partial charge on any atom is 0.217 e. The summed E-state index contributed by atoms with van der Waals surface area (Å²) in [6.07, 6.45) is -117. The predicted molar refractivity (Wildman–Crippen MR) is 463 cm³/mol. The minimum atomic E-state index is -2.78. The molecule has 60 atom stereocenters. The summed E-state index contributed by atoms with van der Waals surface area (Å²) in [5.41, 5.74) is 0. The highest BCUT2D eigenvalue weighted by Gasteiger charge is 2.64. The number of hydrogen-bond donors (Lipinski definition) is 37. The Morgan fingerprint density at radius 2 is 0.413 bits per heavy atom. The lowest BCUT2D eigenvalue weighted by Gasteiger charge is -2.52. The van der Waals surface area contributed by atoms with Crippen LogP contribution in [0.4, 0.5) is 0 Å². The summed E-state index contributed by atoms with van der Waals surface area (Å²) in [7, 11) is 0. The Hall–Kier alpha value is -5.34. The molecular weight excluding hydrogens is 2050 g/mol. The normalized spacial score (nSPS) is 48.8. The number of ether oxygens (including phenoxy) is 23. The fourth-order valence-corrected chi connectivity index (χ4v) is 19.5. The average Bonchev–Trinajstić information content (AvgIpc) is 0.752. The maximum atomic E-state index is 13.3. The van der Waals surface area contributed by atoms with Crippen molar-refractivity contribution in [1.29, 1.82) is 0 Å². The quantitative estimate of drug-likeness (QED) is 0.0272. The molecule has 0 aliphatic carbocycles. The molecule has 37 N–H and O–H groups in total. The molecule has 150 heavy (non-hydrogen) atoms. The Balaban J connectivity index is 0.918. The van der Waals surface area contributed by atoms with Gasteiger partial charge in [-0.3, -0.25) is 28.8 Å². The van der Waals surface area contributed by atoms with Gasteiger partial charge in [-0.05, 0) is 6.92 Å². The molecule has 12 aliphatic rings. The van der Waals surface area contributed by atoms with Gasteiger partial charge in [0.1, 0.15) is 287 Å². The van der Waals surface area contributed by atoms with Crippen LogP contribution < -0.4 is 31.9 Å². The summed E-state index contributed by atoms with van der Waals surface area (Å²) in [5.74, 6) is -5.83. The van der Waals surface area contributed by atoms with Crippen LogP contribution in [0.25, 0.3) is 0 Å². The fraction of sp³-hybridized carbons (Fsp3) is 0.929. The molecule has 66 nitrogen and oxygen atoms in total. The smallest absolute Gasteiger partial charge is 0.217 e. The van der Waals surface area contributed by atoms with Crippen molar-refractivity contribution in [1.82, 2.24) is 31.9 Å². The second-order valence-electron chi connectivity index (χ2n) is 38.1. The lowest BCUT2D eigenvalue weighted by molar-refractivity contribution is -0.404. The Kier molecular flexibility index (Phi) is 44.4. The number of aliphatic hydroxyl groups is 31. The van der Waals surface area contributed by atoms with Crippen molar-refractivity contribution in [3.8, 4) is 0 Å². The number of rotatable bonds is 39. The molecule has 66 heteroatoms. The molecule has 0 unspecified atom stereocenters. The Bertz CT molecular complexity index is 4250. The van der Waals surface area contributed by atoms with Crippen LogP contribution in [-0.4, -0.2) is 635 Å². The molecule has 0 aromatic rings. The minimum absolute atomic E-state index is 0.843. The van der Waals surface area contributed by atoms with Gasteiger partial charge in [0.05, 0.1) is 78.8 Å². The van der Waals surface area contributed by atoms with E-state index in [0.717, 1.165) is 41.5 Å². The topological polar surface area (TPSA) is 1010 Å². The van der Waals surface area contributed by atoms with Crippen LogP contribution in [-0.2, 0) is 138 Å². The first-order chi connectivity index (χ1) is 70.9. The van der Waals surface area contributed by atoms with Crippen LogP contribution in [0.15, 0.2) is 0 Å². The van der Waals surface area contributed by atoms with Crippen LogP contribution in [0.1, 0.15) is 48.5 Å². The van der Waals surface area contributed by atoms with Crippen molar-refractivity contribution >= 4 is 35.4 Å². The largest absolute Gasteiger partial charge is 0.394 e. The highest BCUT2D eigenvalue weighted by molar-refractivity contribution is 5.75. The van der Waals surface area contributed by atoms with Gasteiger partial charge in [-0.25, -0.2) is 0 Å². The lowest BCUT2D eigenvalue weighted by Crippen LogP contribution is -2.71. The Labute approximate surface area is 849 Å². The lowest BCUT2D eigenvalue weighted by atomic mass is 9.93. The van der Waals surface area contributed by atoms with Gasteiger partial charge in [0.15, 0.2) is 75.5 Å². The first-order valence-electron chi connectivity index (χ1n) is 48.0. The SMILES string of the molecule is CC(=O)N[C@@H]1[C@@H](O)[C@H](O[C@@H]2O[C@H](CO)[C@@H](O[C@@H]3O[C@H](CO[C@H]4O[C@H](CO[C@@H]5O[C@H](CO)[C@@H](O[C@@H]6O[C@H](CO)[C@H](O)[C@H](O)[C@H]6O[C@@H]6O[C@@H](C)[C@@H](O)[C@@H](O)[C@@H]6O)[C@H](O)[C@H]5NC(C)=O)[C@@H](O)[C@H](O)[C@@H]4O[C@@H]4O[C@H](CO)[C@@H](O)[C@H](O)[C@H]4NC(C)=O)[C@@H](O)[C@H](O[C@H]4O[C@H](CO)[C@@H](O[C@@H]5O[C@H](CO)[C@@H](O[C@@H]6O[C@H](CO)[C@H](O)[C@H](O)[C@H]6O)[C@H](O)[C@H]5NC(C)=O)[C@H](O)[C@@H]4O[C@@H]4O[C@H](CO)[C@@H](O)[C@H](O)[C@H]4NC(C)=O)[C@@H]3O)[C@H](O)[C@H]2NC(C)=O)[C@@H](CO)O[C@H]1O. The monoisotopic (exact) mass is 2190 g/mol. The summed E-state index contributed by atoms with van der Waals surface area (Å²) in [4.78, 5) is 78.1. The average molecular weight is 2190 g/mol. The van der Waals surface area contributed by atoms with Gasteiger partial charge in [0.25, 0.3) is 0 Å². The number of carbonyl (C=O) groups excluding carboxylic acids is 6. The van der Waals surface area contributed by atoms with E-state index < -0.39 is 476 Å². The molecule has 12 aliphatic heterocycles. The molecule has 0 spiro atoms. The molecule has 12 heterocycles. The van der Waals surface area contributed by atoms with Crippen LogP contribution >= 0.6 is 0 Å². The van der Waals surface area contributed by atoms with Crippen molar-refractivity contribution in [3.63, 3.8) is 0 Å². The molecule has 6 amide bonds. The highest BCUT2D eigenvalue weighted by atomic mass is 16.8. The zero-order chi connectivity index (χ0) is 110. The highest BCUT2D eigenvalue weighted by Crippen LogP contribution is 2.43. The zero-order valence-electron chi connectivity index (χ0n) is 81.1. The third-order valence-electron chi connectivity index (χ3n) is 27.4. The number of nitrogens with one attached hydrogen (secondary N) is 6. The Morgan fingerprint density at radius 1 is 0.187 bits per heavy atom. The van der Waals surface area contributed by atoms with E-state index in [4.69, 9.17) is 109 Å². The van der Waals surface area contributed by atoms with E-state index >= 15 is 0 Å². The second kappa shape index (κ2) is 54.0. The van der Waals surface area contributed by atoms with Gasteiger partial charge in [-0.15, -0.1) is 0 Å². The first-order valence-corrected chi connectivity index (χ1v) is 48.0. The molecule has 0 aromatic carbocycles. The van der Waals surface area contributed by atoms with Crippen LogP contribution in [0.3, 0.4) is 0 Å². The van der Waals surface area contributed by atoms with Gasteiger partial charge in [-0.2, -0.15) is 0 Å². The molecule has 12 saturated heterocycles. The summed E-state index contributed by atoms with van der Waals surface area (Å²) >= 11 is 0. The van der Waals surface area contributed by atoms with Crippen molar-refractivity contribution in [2.75, 3.05) is 72.7 Å². The maximum absolute atomic E-state index is 13.3. The fourth-order valence-electron chi connectivity index (χ4n) is 19.5. The minimum Gasteiger partial charge on any atom is -0.394 e. The van der Waals surface area contributed by atoms with E-state index in [-0.39, 0.29) is 0 Å². The van der Waals surface area contributed by atoms with E-state index in [1.165, 1.54) is 6.92 Å². The van der Waals surface area contributed by atoms with Gasteiger partial charge < -0.3 is 299 Å². The summed E-state index contributed by atoms with van der Waals surface area (Å²) in [5, 5.41) is 367. The summed E-state index contributed by atoms with van der Waals surface area (Å²) < 4.78 is 139. The van der Waals surface area contributed by atoms with E-state index in [1.807, 2.05) is 0 Å². The van der Waals surface area contributed by atoms with Gasteiger partial charge in [0, 0.05) is 41.5 Å². The molecule has 12 rings (SSSR count). The third-order valence-corrected chi connectivity index (χ3v) is 27.4. The van der Waals surface area contributed by atoms with Crippen molar-refractivity contribution in [2.45, 2.75) is 417 Å². The first kappa shape index (κ1) is 123. The van der Waals surface area contributed by atoms with E-state index in [1.54, 1.807) is 0 Å². The second-order valence-corrected chi connectivity index (χ2v) is 38.1. The molecule has 0 saturated carbocycles. The number of hydrogen-bond acceptors (Lipinski definition) is 60. The van der Waals surface area contributed by atoms with Gasteiger partial charge in [0.2, 0.25) is 35.4 Å². The van der Waals surface area contributed by atoms with Gasteiger partial charge in [-0.1, -0.05) is 0 Å². The summed E-state index contributed by atoms with van der Waals surface area (Å²) in [6, 6.07) is -11.7. The summed E-state index contributed by atoms with van der Waals surface area (Å²) in [6.45, 7) is -6.38. The molecule has 0 bridgehead atoms. The van der Waals surface area contributed by atoms with Crippen molar-refractivity contribution < 1.29 is 296 Å². The van der Waals surface area contributed by atoms with Crippen LogP contribution in [0.2, 0.25) is 0 Å².